The molecular formula is C16H19NO2. The van der Waals surface area contributed by atoms with Gasteiger partial charge in [-0.1, -0.05) is 26.8 Å². The Morgan fingerprint density at radius 1 is 1.37 bits per heavy atom. The molecule has 1 fully saturated rings. The first kappa shape index (κ1) is 13.6. The molecule has 3 nitrogen and oxygen atoms in total. The van der Waals surface area contributed by atoms with Crippen LogP contribution in [-0.4, -0.2) is 12.9 Å². The van der Waals surface area contributed by atoms with Crippen LogP contribution in [-0.2, 0) is 5.41 Å². The predicted molar refractivity (Wildman–Crippen MR) is 73.3 cm³/mol. The van der Waals surface area contributed by atoms with Crippen LogP contribution in [0, 0.1) is 16.7 Å². The highest BCUT2D eigenvalue weighted by Crippen LogP contribution is 2.48. The predicted octanol–water partition coefficient (Wildman–Crippen LogP) is 3.48. The Balaban J connectivity index is 2.49. The highest BCUT2D eigenvalue weighted by molar-refractivity contribution is 6.06. The molecule has 0 bridgehead atoms. The van der Waals surface area contributed by atoms with Gasteiger partial charge in [0.15, 0.2) is 5.78 Å². The smallest absolute Gasteiger partial charge is 0.186 e. The molecule has 3 heteroatoms. The van der Waals surface area contributed by atoms with Crippen LogP contribution in [0.1, 0.15) is 49.5 Å². The topological polar surface area (TPSA) is 50.1 Å². The lowest BCUT2D eigenvalue weighted by atomic mass is 9.84. The molecule has 0 heterocycles. The maximum absolute atomic E-state index is 12.5. The Morgan fingerprint density at radius 3 is 2.42 bits per heavy atom. The van der Waals surface area contributed by atoms with Crippen LogP contribution in [0.5, 0.6) is 5.75 Å². The van der Waals surface area contributed by atoms with Crippen LogP contribution in [0.15, 0.2) is 18.2 Å². The SMILES string of the molecule is COc1ccc(C(C)(C)C)cc1C(=O)C1(C#N)CC1. The highest BCUT2D eigenvalue weighted by atomic mass is 16.5. The van der Waals surface area contributed by atoms with Gasteiger partial charge in [-0.05, 0) is 36.0 Å². The Morgan fingerprint density at radius 2 is 2.00 bits per heavy atom. The van der Waals surface area contributed by atoms with Crippen molar-refractivity contribution in [1.82, 2.24) is 0 Å². The number of rotatable bonds is 3. The molecule has 0 aliphatic heterocycles. The largest absolute Gasteiger partial charge is 0.496 e. The lowest BCUT2D eigenvalue weighted by Gasteiger charge is -2.21. The number of benzene rings is 1. The fourth-order valence-electron chi connectivity index (χ4n) is 2.12. The Kier molecular flexibility index (Phi) is 3.14. The summed E-state index contributed by atoms with van der Waals surface area (Å²) in [6.45, 7) is 6.29. The van der Waals surface area contributed by atoms with Gasteiger partial charge in [-0.25, -0.2) is 0 Å². The van der Waals surface area contributed by atoms with Crippen molar-refractivity contribution in [2.75, 3.05) is 7.11 Å². The summed E-state index contributed by atoms with van der Waals surface area (Å²) < 4.78 is 5.27. The number of nitriles is 1. The van der Waals surface area contributed by atoms with Gasteiger partial charge in [-0.3, -0.25) is 4.79 Å². The minimum absolute atomic E-state index is 0.0370. The van der Waals surface area contributed by atoms with Gasteiger partial charge in [-0.15, -0.1) is 0 Å². The van der Waals surface area contributed by atoms with Gasteiger partial charge in [0.05, 0.1) is 18.7 Å². The first-order valence-electron chi connectivity index (χ1n) is 6.49. The summed E-state index contributed by atoms with van der Waals surface area (Å²) in [5, 5.41) is 9.17. The van der Waals surface area contributed by atoms with Crippen LogP contribution in [0.2, 0.25) is 0 Å². The first-order chi connectivity index (χ1) is 8.84. The summed E-state index contributed by atoms with van der Waals surface area (Å²) in [5.41, 5.74) is 0.772. The number of ketones is 1. The van der Waals surface area contributed by atoms with Gasteiger partial charge in [0.25, 0.3) is 0 Å². The molecule has 0 spiro atoms. The van der Waals surface area contributed by atoms with E-state index in [2.05, 4.69) is 26.8 Å². The van der Waals surface area contributed by atoms with E-state index < -0.39 is 5.41 Å². The number of hydrogen-bond acceptors (Lipinski definition) is 3. The molecule has 1 saturated carbocycles. The third-order valence-corrected chi connectivity index (χ3v) is 3.71. The molecule has 0 atom stereocenters. The molecular weight excluding hydrogens is 238 g/mol. The quantitative estimate of drug-likeness (QED) is 0.779. The third kappa shape index (κ3) is 2.35. The van der Waals surface area contributed by atoms with Crippen LogP contribution in [0.3, 0.4) is 0 Å². The fraction of sp³-hybridized carbons (Fsp3) is 0.500. The number of methoxy groups -OCH3 is 1. The van der Waals surface area contributed by atoms with Crippen molar-refractivity contribution in [2.45, 2.75) is 39.0 Å². The van der Waals surface area contributed by atoms with Crippen molar-refractivity contribution in [1.29, 1.82) is 5.26 Å². The van der Waals surface area contributed by atoms with Gasteiger partial charge in [-0.2, -0.15) is 5.26 Å². The molecule has 0 aromatic heterocycles. The number of ether oxygens (including phenoxy) is 1. The van der Waals surface area contributed by atoms with E-state index in [1.807, 2.05) is 18.2 Å². The average molecular weight is 257 g/mol. The molecule has 1 aromatic carbocycles. The molecule has 0 radical (unpaired) electrons. The second kappa shape index (κ2) is 4.38. The van der Waals surface area contributed by atoms with Crippen molar-refractivity contribution < 1.29 is 9.53 Å². The molecule has 1 aromatic rings. The zero-order chi connectivity index (χ0) is 14.3. The first-order valence-corrected chi connectivity index (χ1v) is 6.49. The minimum atomic E-state index is -0.802. The monoisotopic (exact) mass is 257 g/mol. The van der Waals surface area contributed by atoms with Crippen molar-refractivity contribution in [3.05, 3.63) is 29.3 Å². The molecule has 100 valence electrons. The van der Waals surface area contributed by atoms with E-state index in [0.717, 1.165) is 5.56 Å². The van der Waals surface area contributed by atoms with E-state index >= 15 is 0 Å². The van der Waals surface area contributed by atoms with Crippen molar-refractivity contribution in [2.24, 2.45) is 5.41 Å². The molecule has 0 unspecified atom stereocenters. The van der Waals surface area contributed by atoms with E-state index in [1.54, 1.807) is 7.11 Å². The van der Waals surface area contributed by atoms with Gasteiger partial charge in [0, 0.05) is 0 Å². The summed E-state index contributed by atoms with van der Waals surface area (Å²) in [6.07, 6.45) is 1.32. The number of carbonyl (C=O) groups excluding carboxylic acids is 1. The molecule has 0 amide bonds. The van der Waals surface area contributed by atoms with Crippen LogP contribution >= 0.6 is 0 Å². The van der Waals surface area contributed by atoms with Crippen molar-refractivity contribution in [3.63, 3.8) is 0 Å². The van der Waals surface area contributed by atoms with Gasteiger partial charge in [0.1, 0.15) is 11.2 Å². The third-order valence-electron chi connectivity index (χ3n) is 3.71. The average Bonchev–Trinajstić information content (AvgIpc) is 3.17. The minimum Gasteiger partial charge on any atom is -0.496 e. The van der Waals surface area contributed by atoms with E-state index in [4.69, 9.17) is 10.00 Å². The lowest BCUT2D eigenvalue weighted by Crippen LogP contribution is -2.17. The molecule has 0 N–H and O–H groups in total. The molecule has 2 rings (SSSR count). The second-order valence-corrected chi connectivity index (χ2v) is 6.19. The molecule has 19 heavy (non-hydrogen) atoms. The Labute approximate surface area is 114 Å². The summed E-state index contributed by atoms with van der Waals surface area (Å²) >= 11 is 0. The number of carbonyl (C=O) groups is 1. The van der Waals surface area contributed by atoms with Crippen molar-refractivity contribution >= 4 is 5.78 Å². The van der Waals surface area contributed by atoms with Gasteiger partial charge in [0.2, 0.25) is 0 Å². The summed E-state index contributed by atoms with van der Waals surface area (Å²) in [6, 6.07) is 7.82. The maximum Gasteiger partial charge on any atom is 0.186 e. The molecule has 1 aliphatic rings. The zero-order valence-electron chi connectivity index (χ0n) is 11.9. The standard InChI is InChI=1S/C16H19NO2/c1-15(2,3)11-5-6-13(19-4)12(9-11)14(18)16(10-17)7-8-16/h5-6,9H,7-8H2,1-4H3. The van der Waals surface area contributed by atoms with Gasteiger partial charge >= 0.3 is 0 Å². The van der Waals surface area contributed by atoms with Gasteiger partial charge < -0.3 is 4.74 Å². The maximum atomic E-state index is 12.5. The normalized spacial score (nSPS) is 16.6. The number of nitrogens with zero attached hydrogens (tertiary/aromatic N) is 1. The Hall–Kier alpha value is -1.82. The van der Waals surface area contributed by atoms with Crippen LogP contribution in [0.4, 0.5) is 0 Å². The number of hydrogen-bond donors (Lipinski definition) is 0. The van der Waals surface area contributed by atoms with E-state index in [-0.39, 0.29) is 11.2 Å². The van der Waals surface area contributed by atoms with E-state index in [0.29, 0.717) is 24.2 Å². The number of Topliss-reactive ketones (excluding diaryl/α,β-unsaturated/α-hetero) is 1. The highest BCUT2D eigenvalue weighted by Gasteiger charge is 2.51. The summed E-state index contributed by atoms with van der Waals surface area (Å²) in [5.74, 6) is 0.456. The van der Waals surface area contributed by atoms with E-state index in [1.165, 1.54) is 0 Å². The Bertz CT molecular complexity index is 557. The van der Waals surface area contributed by atoms with E-state index in [9.17, 15) is 4.79 Å². The molecule has 1 aliphatic carbocycles. The summed E-state index contributed by atoms with van der Waals surface area (Å²) in [4.78, 5) is 12.5. The van der Waals surface area contributed by atoms with Crippen molar-refractivity contribution in [3.8, 4) is 11.8 Å². The second-order valence-electron chi connectivity index (χ2n) is 6.19. The molecule has 0 saturated heterocycles. The fourth-order valence-corrected chi connectivity index (χ4v) is 2.12. The van der Waals surface area contributed by atoms with Crippen LogP contribution < -0.4 is 4.74 Å². The van der Waals surface area contributed by atoms with Crippen LogP contribution in [0.25, 0.3) is 0 Å². The lowest BCUT2D eigenvalue weighted by molar-refractivity contribution is 0.0931. The summed E-state index contributed by atoms with van der Waals surface area (Å²) in [7, 11) is 1.55. The zero-order valence-corrected chi connectivity index (χ0v) is 11.9.